The van der Waals surface area contributed by atoms with E-state index in [1.165, 1.54) is 58.0 Å². The van der Waals surface area contributed by atoms with E-state index in [4.69, 9.17) is 0 Å². The van der Waals surface area contributed by atoms with Crippen molar-refractivity contribution < 1.29 is 0 Å². The summed E-state index contributed by atoms with van der Waals surface area (Å²) in [7, 11) is 2.30. The van der Waals surface area contributed by atoms with E-state index >= 15 is 0 Å². The van der Waals surface area contributed by atoms with Crippen LogP contribution in [0.5, 0.6) is 0 Å². The van der Waals surface area contributed by atoms with E-state index in [1.807, 2.05) is 11.1 Å². The van der Waals surface area contributed by atoms with Crippen LogP contribution < -0.4 is 0 Å². The Morgan fingerprint density at radius 1 is 0.950 bits per heavy atom. The van der Waals surface area contributed by atoms with Crippen LogP contribution in [-0.4, -0.2) is 25.0 Å². The fourth-order valence-corrected chi connectivity index (χ4v) is 5.53. The monoisotopic (exact) mass is 273 g/mol. The van der Waals surface area contributed by atoms with Crippen LogP contribution in [0.1, 0.15) is 64.2 Å². The Hall–Kier alpha value is -0.300. The molecule has 3 atom stereocenters. The van der Waals surface area contributed by atoms with Gasteiger partial charge in [0.05, 0.1) is 0 Å². The molecule has 3 saturated carbocycles. The summed E-state index contributed by atoms with van der Waals surface area (Å²) in [5.74, 6) is 4.29. The van der Waals surface area contributed by atoms with E-state index in [1.54, 1.807) is 19.3 Å². The average Bonchev–Trinajstić information content (AvgIpc) is 3.16. The average molecular weight is 273 g/mol. The highest BCUT2D eigenvalue weighted by Crippen LogP contribution is 2.60. The van der Waals surface area contributed by atoms with Crippen molar-refractivity contribution in [3.8, 4) is 0 Å². The zero-order valence-electron chi connectivity index (χ0n) is 13.2. The Morgan fingerprint density at radius 2 is 1.70 bits per heavy atom. The molecule has 1 heteroatoms. The Labute approximate surface area is 124 Å². The molecule has 0 radical (unpaired) electrons. The SMILES string of the molecule is CN1CCC(=C(C2CCCCC2)C2CCC3CC32)CC1. The van der Waals surface area contributed by atoms with Crippen LogP contribution in [-0.2, 0) is 0 Å². The number of piperidine rings is 1. The summed E-state index contributed by atoms with van der Waals surface area (Å²) in [5, 5.41) is 0. The summed E-state index contributed by atoms with van der Waals surface area (Å²) >= 11 is 0. The fraction of sp³-hybridized carbons (Fsp3) is 0.895. The van der Waals surface area contributed by atoms with Crippen LogP contribution in [0.2, 0.25) is 0 Å². The molecule has 1 nitrogen and oxygen atoms in total. The molecule has 0 aromatic rings. The largest absolute Gasteiger partial charge is 0.306 e. The highest BCUT2D eigenvalue weighted by atomic mass is 15.1. The van der Waals surface area contributed by atoms with E-state index in [9.17, 15) is 0 Å². The lowest BCUT2D eigenvalue weighted by atomic mass is 9.73. The zero-order chi connectivity index (χ0) is 13.5. The summed E-state index contributed by atoms with van der Waals surface area (Å²) in [4.78, 5) is 2.52. The Morgan fingerprint density at radius 3 is 2.30 bits per heavy atom. The molecule has 112 valence electrons. The van der Waals surface area contributed by atoms with Crippen LogP contribution >= 0.6 is 0 Å². The van der Waals surface area contributed by atoms with Crippen molar-refractivity contribution in [2.24, 2.45) is 23.7 Å². The van der Waals surface area contributed by atoms with Crippen molar-refractivity contribution in [2.45, 2.75) is 64.2 Å². The number of fused-ring (bicyclic) bond motifs is 1. The first kappa shape index (κ1) is 13.4. The number of hydrogen-bond donors (Lipinski definition) is 0. The number of allylic oxidation sites excluding steroid dienone is 1. The van der Waals surface area contributed by atoms with Crippen molar-refractivity contribution in [1.29, 1.82) is 0 Å². The van der Waals surface area contributed by atoms with E-state index in [0.717, 1.165) is 23.7 Å². The van der Waals surface area contributed by atoms with Crippen LogP contribution in [0.25, 0.3) is 0 Å². The summed E-state index contributed by atoms with van der Waals surface area (Å²) < 4.78 is 0. The highest BCUT2D eigenvalue weighted by Gasteiger charge is 2.50. The molecule has 0 N–H and O–H groups in total. The summed E-state index contributed by atoms with van der Waals surface area (Å²) in [6.45, 7) is 2.62. The third-order valence-electron chi connectivity index (χ3n) is 6.79. The maximum atomic E-state index is 2.52. The van der Waals surface area contributed by atoms with Gasteiger partial charge in [-0.05, 0) is 75.7 Å². The van der Waals surface area contributed by atoms with Crippen molar-refractivity contribution in [3.05, 3.63) is 11.1 Å². The highest BCUT2D eigenvalue weighted by molar-refractivity contribution is 5.26. The minimum Gasteiger partial charge on any atom is -0.306 e. The molecule has 0 aromatic carbocycles. The summed E-state index contributed by atoms with van der Waals surface area (Å²) in [6.07, 6.45) is 15.0. The Kier molecular flexibility index (Phi) is 3.66. The van der Waals surface area contributed by atoms with Crippen LogP contribution in [0, 0.1) is 23.7 Å². The molecule has 0 amide bonds. The molecule has 4 aliphatic rings. The van der Waals surface area contributed by atoms with Crippen molar-refractivity contribution in [1.82, 2.24) is 4.90 Å². The van der Waals surface area contributed by atoms with Crippen LogP contribution in [0.15, 0.2) is 11.1 Å². The van der Waals surface area contributed by atoms with Gasteiger partial charge in [-0.15, -0.1) is 0 Å². The predicted molar refractivity (Wildman–Crippen MR) is 84.7 cm³/mol. The third-order valence-corrected chi connectivity index (χ3v) is 6.79. The maximum Gasteiger partial charge on any atom is 0.00158 e. The van der Waals surface area contributed by atoms with E-state index in [-0.39, 0.29) is 0 Å². The maximum absolute atomic E-state index is 2.52. The second kappa shape index (κ2) is 5.48. The standard InChI is InChI=1S/C19H31N/c1-20-11-9-15(10-12-20)19(14-5-3-2-4-6-14)17-8-7-16-13-18(16)17/h14,16-18H,2-13H2,1H3. The van der Waals surface area contributed by atoms with Gasteiger partial charge in [-0.3, -0.25) is 0 Å². The van der Waals surface area contributed by atoms with Crippen molar-refractivity contribution >= 4 is 0 Å². The fourth-order valence-electron chi connectivity index (χ4n) is 5.53. The second-order valence-electron chi connectivity index (χ2n) is 8.04. The molecule has 4 fully saturated rings. The minimum atomic E-state index is 0.992. The second-order valence-corrected chi connectivity index (χ2v) is 8.04. The topological polar surface area (TPSA) is 3.24 Å². The van der Waals surface area contributed by atoms with Gasteiger partial charge in [-0.1, -0.05) is 30.4 Å². The Bertz CT molecular complexity index is 381. The lowest BCUT2D eigenvalue weighted by Gasteiger charge is -2.35. The molecular formula is C19H31N. The number of hydrogen-bond acceptors (Lipinski definition) is 1. The predicted octanol–water partition coefficient (Wildman–Crippen LogP) is 4.64. The van der Waals surface area contributed by atoms with Gasteiger partial charge < -0.3 is 4.90 Å². The van der Waals surface area contributed by atoms with Gasteiger partial charge in [-0.2, -0.15) is 0 Å². The molecule has 0 bridgehead atoms. The molecule has 3 aliphatic carbocycles. The van der Waals surface area contributed by atoms with Crippen molar-refractivity contribution in [3.63, 3.8) is 0 Å². The van der Waals surface area contributed by atoms with Crippen molar-refractivity contribution in [2.75, 3.05) is 20.1 Å². The number of rotatable bonds is 2. The molecule has 1 aliphatic heterocycles. The summed E-state index contributed by atoms with van der Waals surface area (Å²) in [6, 6.07) is 0. The third kappa shape index (κ3) is 2.47. The lowest BCUT2D eigenvalue weighted by Crippen LogP contribution is -2.29. The summed E-state index contributed by atoms with van der Waals surface area (Å²) in [5.41, 5.74) is 3.95. The first-order valence-corrected chi connectivity index (χ1v) is 9.23. The van der Waals surface area contributed by atoms with Gasteiger partial charge >= 0.3 is 0 Å². The Balaban J connectivity index is 1.59. The van der Waals surface area contributed by atoms with E-state index in [0.29, 0.717) is 0 Å². The molecule has 0 aromatic heterocycles. The van der Waals surface area contributed by atoms with Gasteiger partial charge in [0.15, 0.2) is 0 Å². The van der Waals surface area contributed by atoms with E-state index < -0.39 is 0 Å². The zero-order valence-corrected chi connectivity index (χ0v) is 13.2. The van der Waals surface area contributed by atoms with Crippen LogP contribution in [0.3, 0.4) is 0 Å². The molecule has 20 heavy (non-hydrogen) atoms. The molecule has 1 heterocycles. The quantitative estimate of drug-likeness (QED) is 0.663. The molecule has 3 unspecified atom stereocenters. The first-order valence-electron chi connectivity index (χ1n) is 9.23. The lowest BCUT2D eigenvalue weighted by molar-refractivity contribution is 0.298. The molecular weight excluding hydrogens is 242 g/mol. The van der Waals surface area contributed by atoms with Gasteiger partial charge in [0.1, 0.15) is 0 Å². The molecule has 4 rings (SSSR count). The smallest absolute Gasteiger partial charge is 0.00158 e. The normalized spacial score (nSPS) is 38.9. The van der Waals surface area contributed by atoms with Gasteiger partial charge in [0.2, 0.25) is 0 Å². The number of likely N-dealkylation sites (tertiary alicyclic amines) is 1. The first-order chi connectivity index (χ1) is 9.83. The molecule has 1 saturated heterocycles. The van der Waals surface area contributed by atoms with Gasteiger partial charge in [-0.25, -0.2) is 0 Å². The number of nitrogens with zero attached hydrogens (tertiary/aromatic N) is 1. The molecule has 0 spiro atoms. The van der Waals surface area contributed by atoms with Gasteiger partial charge in [0.25, 0.3) is 0 Å². The van der Waals surface area contributed by atoms with Gasteiger partial charge in [0, 0.05) is 13.1 Å². The van der Waals surface area contributed by atoms with E-state index in [2.05, 4.69) is 11.9 Å². The van der Waals surface area contributed by atoms with Crippen LogP contribution in [0.4, 0.5) is 0 Å². The minimum absolute atomic E-state index is 0.992.